The largest absolute Gasteiger partial charge is 0.370 e. The molecule has 0 bridgehead atoms. The van der Waals surface area contributed by atoms with Crippen molar-refractivity contribution in [3.05, 3.63) is 28.2 Å². The Hall–Kier alpha value is -0.540. The second kappa shape index (κ2) is 7.64. The van der Waals surface area contributed by atoms with E-state index in [-0.39, 0.29) is 6.04 Å². The molecule has 0 radical (unpaired) electrons. The van der Waals surface area contributed by atoms with Crippen LogP contribution in [0, 0.1) is 5.92 Å². The first kappa shape index (κ1) is 16.8. The van der Waals surface area contributed by atoms with E-state index in [0.717, 1.165) is 18.8 Å². The first-order valence-corrected chi connectivity index (χ1v) is 9.09. The van der Waals surface area contributed by atoms with Crippen molar-refractivity contribution in [2.24, 2.45) is 11.7 Å². The maximum atomic E-state index is 6.06. The number of benzene rings is 1. The zero-order valence-electron chi connectivity index (χ0n) is 13.6. The zero-order valence-corrected chi connectivity index (χ0v) is 15.2. The topological polar surface area (TPSA) is 29.3 Å². The highest BCUT2D eigenvalue weighted by Crippen LogP contribution is 2.34. The number of nitrogens with two attached hydrogens (primary N) is 1. The van der Waals surface area contributed by atoms with Crippen LogP contribution in [0.2, 0.25) is 0 Å². The number of anilines is 1. The molecule has 1 aromatic rings. The van der Waals surface area contributed by atoms with Crippen molar-refractivity contribution in [3.63, 3.8) is 0 Å². The van der Waals surface area contributed by atoms with Gasteiger partial charge in [-0.25, -0.2) is 0 Å². The van der Waals surface area contributed by atoms with E-state index in [9.17, 15) is 0 Å². The molecule has 1 aliphatic carbocycles. The van der Waals surface area contributed by atoms with E-state index >= 15 is 0 Å². The number of hydrogen-bond acceptors (Lipinski definition) is 2. The minimum Gasteiger partial charge on any atom is -0.370 e. The quantitative estimate of drug-likeness (QED) is 0.828. The highest BCUT2D eigenvalue weighted by molar-refractivity contribution is 9.10. The Balaban J connectivity index is 2.12. The summed E-state index contributed by atoms with van der Waals surface area (Å²) in [4.78, 5) is 2.47. The summed E-state index contributed by atoms with van der Waals surface area (Å²) in [5.74, 6) is 0.781. The van der Waals surface area contributed by atoms with Crippen molar-refractivity contribution in [1.82, 2.24) is 0 Å². The molecule has 0 spiro atoms. The number of halogens is 1. The smallest absolute Gasteiger partial charge is 0.0510 e. The summed E-state index contributed by atoms with van der Waals surface area (Å²) in [7, 11) is 2.24. The fraction of sp³-hybridized carbons (Fsp3) is 0.667. The lowest BCUT2D eigenvalue weighted by Crippen LogP contribution is -2.39. The molecule has 2 N–H and O–H groups in total. The molecular formula is C18H29BrN2. The molecule has 118 valence electrons. The molecule has 2 rings (SSSR count). The fourth-order valence-electron chi connectivity index (χ4n) is 3.46. The molecule has 0 amide bonds. The van der Waals surface area contributed by atoms with Crippen molar-refractivity contribution in [2.75, 3.05) is 11.9 Å². The first-order valence-electron chi connectivity index (χ1n) is 8.29. The van der Waals surface area contributed by atoms with Crippen LogP contribution in [-0.2, 0) is 6.42 Å². The van der Waals surface area contributed by atoms with E-state index in [1.54, 1.807) is 0 Å². The van der Waals surface area contributed by atoms with Crippen LogP contribution in [-0.4, -0.2) is 19.1 Å². The minimum atomic E-state index is 0.263. The summed E-state index contributed by atoms with van der Waals surface area (Å²) in [5.41, 5.74) is 8.69. The van der Waals surface area contributed by atoms with E-state index in [0.29, 0.717) is 6.04 Å². The van der Waals surface area contributed by atoms with E-state index in [1.165, 1.54) is 41.4 Å². The summed E-state index contributed by atoms with van der Waals surface area (Å²) in [6.07, 6.45) is 7.40. The second-order valence-corrected chi connectivity index (χ2v) is 7.45. The fourth-order valence-corrected chi connectivity index (χ4v) is 4.17. The Morgan fingerprint density at radius 2 is 2.05 bits per heavy atom. The van der Waals surface area contributed by atoms with Gasteiger partial charge in [-0.15, -0.1) is 0 Å². The Morgan fingerprint density at radius 1 is 1.33 bits per heavy atom. The van der Waals surface area contributed by atoms with Crippen LogP contribution >= 0.6 is 15.9 Å². The average Bonchev–Trinajstić information content (AvgIpc) is 2.47. The third-order valence-corrected chi connectivity index (χ3v) is 5.61. The molecular weight excluding hydrogens is 324 g/mol. The van der Waals surface area contributed by atoms with Gasteiger partial charge in [0.1, 0.15) is 0 Å². The van der Waals surface area contributed by atoms with Crippen LogP contribution in [0.15, 0.2) is 22.7 Å². The summed E-state index contributed by atoms with van der Waals surface area (Å²) < 4.78 is 1.20. The molecule has 2 nitrogen and oxygen atoms in total. The van der Waals surface area contributed by atoms with Crippen LogP contribution in [0.1, 0.15) is 51.5 Å². The van der Waals surface area contributed by atoms with Gasteiger partial charge in [0.05, 0.1) is 5.69 Å². The molecule has 1 aliphatic rings. The van der Waals surface area contributed by atoms with Gasteiger partial charge in [-0.2, -0.15) is 0 Å². The molecule has 0 saturated heterocycles. The Morgan fingerprint density at radius 3 is 2.67 bits per heavy atom. The highest BCUT2D eigenvalue weighted by atomic mass is 79.9. The van der Waals surface area contributed by atoms with E-state index < -0.39 is 0 Å². The summed E-state index contributed by atoms with van der Waals surface area (Å²) in [6.45, 7) is 4.54. The molecule has 3 unspecified atom stereocenters. The van der Waals surface area contributed by atoms with Crippen LogP contribution < -0.4 is 10.6 Å². The molecule has 21 heavy (non-hydrogen) atoms. The van der Waals surface area contributed by atoms with E-state index in [4.69, 9.17) is 5.73 Å². The monoisotopic (exact) mass is 352 g/mol. The minimum absolute atomic E-state index is 0.263. The molecule has 0 heterocycles. The van der Waals surface area contributed by atoms with Gasteiger partial charge in [0.25, 0.3) is 0 Å². The summed E-state index contributed by atoms with van der Waals surface area (Å²) >= 11 is 3.76. The van der Waals surface area contributed by atoms with Crippen molar-refractivity contribution < 1.29 is 0 Å². The van der Waals surface area contributed by atoms with Gasteiger partial charge < -0.3 is 10.6 Å². The normalized spacial score (nSPS) is 23.9. The van der Waals surface area contributed by atoms with E-state index in [1.807, 2.05) is 0 Å². The predicted octanol–water partition coefficient (Wildman–Crippen LogP) is 4.74. The van der Waals surface area contributed by atoms with Gasteiger partial charge in [0.2, 0.25) is 0 Å². The second-order valence-electron chi connectivity index (χ2n) is 6.60. The predicted molar refractivity (Wildman–Crippen MR) is 95.9 cm³/mol. The van der Waals surface area contributed by atoms with E-state index in [2.05, 4.69) is 59.9 Å². The van der Waals surface area contributed by atoms with Crippen molar-refractivity contribution >= 4 is 21.6 Å². The van der Waals surface area contributed by atoms with Crippen molar-refractivity contribution in [1.29, 1.82) is 0 Å². The Kier molecular flexibility index (Phi) is 6.12. The highest BCUT2D eigenvalue weighted by Gasteiger charge is 2.26. The van der Waals surface area contributed by atoms with Gasteiger partial charge >= 0.3 is 0 Å². The Bertz CT molecular complexity index is 461. The third kappa shape index (κ3) is 4.23. The van der Waals surface area contributed by atoms with Crippen LogP contribution in [0.5, 0.6) is 0 Å². The average molecular weight is 353 g/mol. The number of rotatable bonds is 5. The van der Waals surface area contributed by atoms with Crippen LogP contribution in [0.4, 0.5) is 5.69 Å². The first-order chi connectivity index (χ1) is 10.0. The van der Waals surface area contributed by atoms with Gasteiger partial charge in [-0.3, -0.25) is 0 Å². The SMILES string of the molecule is CCC(N)Cc1ccc(N(C)C2CCCCC2C)c(Br)c1. The maximum absolute atomic E-state index is 6.06. The van der Waals surface area contributed by atoms with Crippen LogP contribution in [0.25, 0.3) is 0 Å². The molecule has 0 aromatic heterocycles. The molecule has 1 fully saturated rings. The van der Waals surface area contributed by atoms with Crippen LogP contribution in [0.3, 0.4) is 0 Å². The van der Waals surface area contributed by atoms with Gasteiger partial charge in [0, 0.05) is 23.6 Å². The lowest BCUT2D eigenvalue weighted by molar-refractivity contribution is 0.321. The Labute approximate surface area is 138 Å². The standard InChI is InChI=1S/C18H29BrN2/c1-4-15(20)11-14-9-10-18(16(19)12-14)21(3)17-8-6-5-7-13(17)2/h9-10,12-13,15,17H,4-8,11,20H2,1-3H3. The van der Waals surface area contributed by atoms with Crippen molar-refractivity contribution in [2.45, 2.75) is 64.5 Å². The maximum Gasteiger partial charge on any atom is 0.0510 e. The number of hydrogen-bond donors (Lipinski definition) is 1. The number of nitrogens with zero attached hydrogens (tertiary/aromatic N) is 1. The molecule has 1 aromatic carbocycles. The van der Waals surface area contributed by atoms with Gasteiger partial charge in [0.15, 0.2) is 0 Å². The van der Waals surface area contributed by atoms with Gasteiger partial charge in [-0.05, 0) is 65.2 Å². The third-order valence-electron chi connectivity index (χ3n) is 4.98. The molecule has 3 heteroatoms. The van der Waals surface area contributed by atoms with Gasteiger partial charge in [-0.1, -0.05) is 32.8 Å². The lowest BCUT2D eigenvalue weighted by Gasteiger charge is -2.38. The molecule has 0 aliphatic heterocycles. The summed E-state index contributed by atoms with van der Waals surface area (Å²) in [6, 6.07) is 7.66. The summed E-state index contributed by atoms with van der Waals surface area (Å²) in [5, 5.41) is 0. The zero-order chi connectivity index (χ0) is 15.4. The molecule has 3 atom stereocenters. The lowest BCUT2D eigenvalue weighted by atomic mass is 9.85. The van der Waals surface area contributed by atoms with Crippen molar-refractivity contribution in [3.8, 4) is 0 Å². The molecule has 1 saturated carbocycles.